The second kappa shape index (κ2) is 6.35. The van der Waals surface area contributed by atoms with Crippen molar-refractivity contribution in [1.82, 2.24) is 0 Å². The van der Waals surface area contributed by atoms with Crippen LogP contribution in [0.4, 0.5) is 5.69 Å². The summed E-state index contributed by atoms with van der Waals surface area (Å²) < 4.78 is 5.36. The molecule has 1 heterocycles. The van der Waals surface area contributed by atoms with E-state index in [1.807, 2.05) is 0 Å². The maximum absolute atomic E-state index is 5.70. The van der Waals surface area contributed by atoms with Crippen molar-refractivity contribution < 1.29 is 31.6 Å². The average molecular weight is 288 g/mol. The fourth-order valence-corrected chi connectivity index (χ4v) is 1.90. The third-order valence-electron chi connectivity index (χ3n) is 2.66. The first-order chi connectivity index (χ1) is 7.27. The first-order valence-corrected chi connectivity index (χ1v) is 5.41. The second-order valence-electron chi connectivity index (χ2n) is 3.95. The zero-order valence-electron chi connectivity index (χ0n) is 9.75. The topological polar surface area (TPSA) is 22.9 Å². The van der Waals surface area contributed by atoms with E-state index in [9.17, 15) is 0 Å². The number of quaternary nitrogens is 1. The molecule has 1 N–H and O–H groups in total. The lowest BCUT2D eigenvalue weighted by Gasteiger charge is -2.15. The molecule has 0 amide bonds. The minimum absolute atomic E-state index is 0. The molecule has 1 aromatic rings. The van der Waals surface area contributed by atoms with E-state index in [2.05, 4.69) is 32.0 Å². The van der Waals surface area contributed by atoms with Gasteiger partial charge in [0, 0.05) is 11.6 Å². The molecule has 0 saturated carbocycles. The second-order valence-corrected chi connectivity index (χ2v) is 3.95. The van der Waals surface area contributed by atoms with Gasteiger partial charge in [-0.1, -0.05) is 17.7 Å². The van der Waals surface area contributed by atoms with Gasteiger partial charge in [0.25, 0.3) is 0 Å². The molecule has 1 aliphatic rings. The van der Waals surface area contributed by atoms with Crippen molar-refractivity contribution >= 4 is 5.69 Å². The SMILES string of the molecule is Cc1ccc([NH+]2CCOCCO2)c(C)c1.[Br-]. The Morgan fingerprint density at radius 3 is 2.69 bits per heavy atom. The van der Waals surface area contributed by atoms with Crippen LogP contribution in [0, 0.1) is 13.8 Å². The van der Waals surface area contributed by atoms with Crippen molar-refractivity contribution in [2.24, 2.45) is 0 Å². The molecule has 1 fully saturated rings. The first kappa shape index (κ1) is 13.6. The Balaban J connectivity index is 0.00000128. The summed E-state index contributed by atoms with van der Waals surface area (Å²) in [6.07, 6.45) is 0. The van der Waals surface area contributed by atoms with E-state index >= 15 is 0 Å². The highest BCUT2D eigenvalue weighted by Gasteiger charge is 2.18. The molecular formula is C12H18BrNO2. The van der Waals surface area contributed by atoms with E-state index < -0.39 is 0 Å². The number of nitrogens with one attached hydrogen (secondary N) is 1. The largest absolute Gasteiger partial charge is 1.00 e. The van der Waals surface area contributed by atoms with Crippen molar-refractivity contribution in [1.29, 1.82) is 0 Å². The van der Waals surface area contributed by atoms with E-state index in [-0.39, 0.29) is 17.0 Å². The van der Waals surface area contributed by atoms with Crippen LogP contribution in [0.2, 0.25) is 0 Å². The van der Waals surface area contributed by atoms with Gasteiger partial charge < -0.3 is 21.7 Å². The van der Waals surface area contributed by atoms with Crippen LogP contribution in [0.1, 0.15) is 11.1 Å². The number of hydrogen-bond acceptors (Lipinski definition) is 2. The van der Waals surface area contributed by atoms with E-state index in [0.717, 1.165) is 18.2 Å². The predicted octanol–water partition coefficient (Wildman–Crippen LogP) is -2.21. The minimum Gasteiger partial charge on any atom is -1.00 e. The van der Waals surface area contributed by atoms with Gasteiger partial charge in [0.05, 0.1) is 13.2 Å². The number of benzene rings is 1. The molecule has 0 bridgehead atoms. The molecule has 90 valence electrons. The van der Waals surface area contributed by atoms with Gasteiger partial charge in [-0.3, -0.25) is 0 Å². The zero-order valence-corrected chi connectivity index (χ0v) is 11.3. The third-order valence-corrected chi connectivity index (χ3v) is 2.66. The number of aryl methyl sites for hydroxylation is 2. The number of halogens is 1. The molecular weight excluding hydrogens is 270 g/mol. The number of rotatable bonds is 1. The molecule has 16 heavy (non-hydrogen) atoms. The molecule has 1 saturated heterocycles. The Bertz CT molecular complexity index is 336. The lowest BCUT2D eigenvalue weighted by molar-refractivity contribution is -1.04. The standard InChI is InChI=1S/C12H17NO2.BrH/c1-10-3-4-12(11(2)9-10)13-5-6-14-7-8-15-13;/h3-4,9H,5-8H2,1-2H3;1H. The van der Waals surface area contributed by atoms with E-state index in [4.69, 9.17) is 9.57 Å². The molecule has 0 aromatic heterocycles. The fourth-order valence-electron chi connectivity index (χ4n) is 1.90. The Kier molecular flexibility index (Phi) is 5.41. The van der Waals surface area contributed by atoms with Gasteiger partial charge in [-0.15, -0.1) is 0 Å². The van der Waals surface area contributed by atoms with Gasteiger partial charge in [0.2, 0.25) is 0 Å². The van der Waals surface area contributed by atoms with Gasteiger partial charge in [-0.2, -0.15) is 9.90 Å². The summed E-state index contributed by atoms with van der Waals surface area (Å²) in [7, 11) is 0. The van der Waals surface area contributed by atoms with Crippen LogP contribution in [0.3, 0.4) is 0 Å². The van der Waals surface area contributed by atoms with Gasteiger partial charge in [-0.05, 0) is 13.8 Å². The molecule has 1 atom stereocenters. The summed E-state index contributed by atoms with van der Waals surface area (Å²) in [5.41, 5.74) is 3.81. The maximum Gasteiger partial charge on any atom is 0.166 e. The fraction of sp³-hybridized carbons (Fsp3) is 0.500. The average Bonchev–Trinajstić information content (AvgIpc) is 2.46. The van der Waals surface area contributed by atoms with Gasteiger partial charge in [0.15, 0.2) is 5.69 Å². The lowest BCUT2D eigenvalue weighted by atomic mass is 10.1. The van der Waals surface area contributed by atoms with Crippen LogP contribution in [0.5, 0.6) is 0 Å². The Labute approximate surface area is 107 Å². The summed E-state index contributed by atoms with van der Waals surface area (Å²) in [6.45, 7) is 7.26. The van der Waals surface area contributed by atoms with Crippen molar-refractivity contribution in [3.63, 3.8) is 0 Å². The third kappa shape index (κ3) is 3.28. The minimum atomic E-state index is 0. The summed E-state index contributed by atoms with van der Waals surface area (Å²) in [5, 5.41) is 1.07. The Morgan fingerprint density at radius 2 is 1.94 bits per heavy atom. The van der Waals surface area contributed by atoms with E-state index in [1.165, 1.54) is 16.8 Å². The monoisotopic (exact) mass is 287 g/mol. The Hall–Kier alpha value is -0.420. The normalized spacial score (nSPS) is 21.0. The van der Waals surface area contributed by atoms with Gasteiger partial charge >= 0.3 is 0 Å². The zero-order chi connectivity index (χ0) is 10.7. The highest BCUT2D eigenvalue weighted by Crippen LogP contribution is 2.12. The smallest absolute Gasteiger partial charge is 0.166 e. The summed E-state index contributed by atoms with van der Waals surface area (Å²) in [4.78, 5) is 5.70. The molecule has 4 heteroatoms. The molecule has 1 aliphatic heterocycles. The summed E-state index contributed by atoms with van der Waals surface area (Å²) in [5.74, 6) is 0. The first-order valence-electron chi connectivity index (χ1n) is 5.41. The van der Waals surface area contributed by atoms with E-state index in [1.54, 1.807) is 0 Å². The van der Waals surface area contributed by atoms with Crippen molar-refractivity contribution in [3.8, 4) is 0 Å². The van der Waals surface area contributed by atoms with Gasteiger partial charge in [0.1, 0.15) is 13.2 Å². The van der Waals surface area contributed by atoms with Crippen LogP contribution < -0.4 is 22.0 Å². The van der Waals surface area contributed by atoms with Crippen molar-refractivity contribution in [2.75, 3.05) is 26.4 Å². The molecule has 1 aromatic carbocycles. The van der Waals surface area contributed by atoms with Crippen LogP contribution in [-0.4, -0.2) is 26.4 Å². The summed E-state index contributed by atoms with van der Waals surface area (Å²) >= 11 is 0. The highest BCUT2D eigenvalue weighted by molar-refractivity contribution is 5.40. The Morgan fingerprint density at radius 1 is 1.12 bits per heavy atom. The summed E-state index contributed by atoms with van der Waals surface area (Å²) in [6, 6.07) is 6.47. The molecule has 1 unspecified atom stereocenters. The van der Waals surface area contributed by atoms with Crippen LogP contribution >= 0.6 is 0 Å². The molecule has 0 aliphatic carbocycles. The van der Waals surface area contributed by atoms with Crippen LogP contribution in [-0.2, 0) is 9.57 Å². The molecule has 3 nitrogen and oxygen atoms in total. The number of ether oxygens (including phenoxy) is 1. The van der Waals surface area contributed by atoms with Crippen LogP contribution in [0.15, 0.2) is 18.2 Å². The highest BCUT2D eigenvalue weighted by atomic mass is 79.9. The van der Waals surface area contributed by atoms with Crippen molar-refractivity contribution in [2.45, 2.75) is 13.8 Å². The van der Waals surface area contributed by atoms with E-state index in [0.29, 0.717) is 13.2 Å². The number of hydrogen-bond donors (Lipinski definition) is 1. The van der Waals surface area contributed by atoms with Crippen LogP contribution in [0.25, 0.3) is 0 Å². The molecule has 0 radical (unpaired) electrons. The molecule has 0 spiro atoms. The van der Waals surface area contributed by atoms with Gasteiger partial charge in [-0.25, -0.2) is 0 Å². The molecule has 2 rings (SSSR count). The predicted molar refractivity (Wildman–Crippen MR) is 58.2 cm³/mol. The lowest BCUT2D eigenvalue weighted by Crippen LogP contribution is -3.06. The maximum atomic E-state index is 5.70. The quantitative estimate of drug-likeness (QED) is 0.633. The van der Waals surface area contributed by atoms with Crippen molar-refractivity contribution in [3.05, 3.63) is 29.3 Å². The number of hydroxylamine groups is 1.